The minimum atomic E-state index is -0.0814. The Morgan fingerprint density at radius 3 is 2.71 bits per heavy atom. The molecule has 21 heavy (non-hydrogen) atoms. The molecule has 0 spiro atoms. The van der Waals surface area contributed by atoms with Crippen LogP contribution in [-0.4, -0.2) is 41.2 Å². The number of nitrogens with zero attached hydrogens (tertiary/aromatic N) is 3. The van der Waals surface area contributed by atoms with E-state index in [2.05, 4.69) is 20.4 Å². The summed E-state index contributed by atoms with van der Waals surface area (Å²) in [7, 11) is 1.64. The number of likely N-dealkylation sites (N-methyl/N-ethyl adjacent to an activating group) is 1. The monoisotopic (exact) mass is 306 g/mol. The zero-order valence-electron chi connectivity index (χ0n) is 12.1. The molecule has 0 aliphatic rings. The van der Waals surface area contributed by atoms with Crippen molar-refractivity contribution < 1.29 is 9.53 Å². The predicted molar refractivity (Wildman–Crippen MR) is 82.5 cm³/mol. The minimum Gasteiger partial charge on any atom is -0.497 e. The van der Waals surface area contributed by atoms with Crippen LogP contribution in [0.1, 0.15) is 12.5 Å². The fraction of sp³-hybridized carbons (Fsp3) is 0.357. The van der Waals surface area contributed by atoms with Gasteiger partial charge in [0.25, 0.3) is 0 Å². The first-order chi connectivity index (χ1) is 10.2. The van der Waals surface area contributed by atoms with Crippen LogP contribution < -0.4 is 10.1 Å². The highest BCUT2D eigenvalue weighted by Crippen LogP contribution is 2.13. The Bertz CT molecular complexity index is 557. The van der Waals surface area contributed by atoms with Gasteiger partial charge >= 0.3 is 0 Å². The second kappa shape index (κ2) is 7.70. The molecule has 0 aliphatic heterocycles. The summed E-state index contributed by atoms with van der Waals surface area (Å²) in [6.07, 6.45) is 0. The van der Waals surface area contributed by atoms with E-state index in [1.807, 2.05) is 31.2 Å². The maximum Gasteiger partial charge on any atom is 0.240 e. The predicted octanol–water partition coefficient (Wildman–Crippen LogP) is 2.01. The SMILES string of the molecule is CCN(CC(=O)Nc1nncs1)Cc1ccc(OC)cc1. The van der Waals surface area contributed by atoms with E-state index in [0.717, 1.165) is 17.9 Å². The normalized spacial score (nSPS) is 10.6. The molecule has 7 heteroatoms. The van der Waals surface area contributed by atoms with E-state index in [4.69, 9.17) is 4.74 Å². The van der Waals surface area contributed by atoms with Crippen LogP contribution in [-0.2, 0) is 11.3 Å². The molecular weight excluding hydrogens is 288 g/mol. The molecular formula is C14H18N4O2S. The topological polar surface area (TPSA) is 67.4 Å². The molecule has 0 saturated heterocycles. The van der Waals surface area contributed by atoms with Crippen molar-refractivity contribution in [3.05, 3.63) is 35.3 Å². The Balaban J connectivity index is 1.88. The van der Waals surface area contributed by atoms with Crippen molar-refractivity contribution in [2.75, 3.05) is 25.5 Å². The highest BCUT2D eigenvalue weighted by atomic mass is 32.1. The summed E-state index contributed by atoms with van der Waals surface area (Å²) >= 11 is 1.31. The average molecular weight is 306 g/mol. The van der Waals surface area contributed by atoms with E-state index in [-0.39, 0.29) is 5.91 Å². The summed E-state index contributed by atoms with van der Waals surface area (Å²) in [6, 6.07) is 7.85. The van der Waals surface area contributed by atoms with Gasteiger partial charge in [-0.3, -0.25) is 15.0 Å². The molecule has 0 radical (unpaired) electrons. The van der Waals surface area contributed by atoms with Gasteiger partial charge < -0.3 is 4.74 Å². The molecule has 1 heterocycles. The van der Waals surface area contributed by atoms with Gasteiger partial charge in [0.15, 0.2) is 0 Å². The zero-order valence-corrected chi connectivity index (χ0v) is 12.9. The van der Waals surface area contributed by atoms with Gasteiger partial charge in [0.2, 0.25) is 11.0 Å². The van der Waals surface area contributed by atoms with Crippen molar-refractivity contribution in [1.82, 2.24) is 15.1 Å². The van der Waals surface area contributed by atoms with Crippen molar-refractivity contribution >= 4 is 22.4 Å². The van der Waals surface area contributed by atoms with Crippen LogP contribution in [0.2, 0.25) is 0 Å². The van der Waals surface area contributed by atoms with Gasteiger partial charge in [-0.1, -0.05) is 30.4 Å². The number of hydrogen-bond donors (Lipinski definition) is 1. The van der Waals surface area contributed by atoms with Crippen LogP contribution in [0.15, 0.2) is 29.8 Å². The van der Waals surface area contributed by atoms with Crippen LogP contribution in [0, 0.1) is 0 Å². The molecule has 0 saturated carbocycles. The number of nitrogens with one attached hydrogen (secondary N) is 1. The van der Waals surface area contributed by atoms with Gasteiger partial charge in [0, 0.05) is 6.54 Å². The number of amides is 1. The molecule has 1 amide bonds. The van der Waals surface area contributed by atoms with Gasteiger partial charge in [-0.15, -0.1) is 10.2 Å². The molecule has 2 rings (SSSR count). The summed E-state index contributed by atoms with van der Waals surface area (Å²) in [6.45, 7) is 3.85. The quantitative estimate of drug-likeness (QED) is 0.847. The molecule has 112 valence electrons. The first kappa shape index (κ1) is 15.4. The smallest absolute Gasteiger partial charge is 0.240 e. The largest absolute Gasteiger partial charge is 0.497 e. The van der Waals surface area contributed by atoms with Crippen LogP contribution in [0.5, 0.6) is 5.75 Å². The van der Waals surface area contributed by atoms with Crippen LogP contribution in [0.4, 0.5) is 5.13 Å². The number of aromatic nitrogens is 2. The lowest BCUT2D eigenvalue weighted by molar-refractivity contribution is -0.117. The summed E-state index contributed by atoms with van der Waals surface area (Å²) in [5.74, 6) is 0.748. The van der Waals surface area contributed by atoms with Crippen LogP contribution in [0.25, 0.3) is 0 Å². The Hall–Kier alpha value is -1.99. The molecule has 0 unspecified atom stereocenters. The Labute approximate surface area is 127 Å². The molecule has 0 aliphatic carbocycles. The number of carbonyl (C=O) groups is 1. The molecule has 2 aromatic rings. The van der Waals surface area contributed by atoms with Crippen LogP contribution >= 0.6 is 11.3 Å². The van der Waals surface area contributed by atoms with Crippen molar-refractivity contribution in [1.29, 1.82) is 0 Å². The average Bonchev–Trinajstić information content (AvgIpc) is 3.00. The van der Waals surface area contributed by atoms with Gasteiger partial charge in [0.05, 0.1) is 13.7 Å². The third-order valence-electron chi connectivity index (χ3n) is 2.99. The van der Waals surface area contributed by atoms with E-state index in [1.54, 1.807) is 12.6 Å². The molecule has 1 N–H and O–H groups in total. The van der Waals surface area contributed by atoms with Gasteiger partial charge in [-0.25, -0.2) is 0 Å². The second-order valence-corrected chi connectivity index (χ2v) is 5.28. The highest BCUT2D eigenvalue weighted by molar-refractivity contribution is 7.13. The summed E-state index contributed by atoms with van der Waals surface area (Å²) < 4.78 is 5.13. The van der Waals surface area contributed by atoms with Crippen molar-refractivity contribution in [2.45, 2.75) is 13.5 Å². The standard InChI is InChI=1S/C14H18N4O2S/c1-3-18(8-11-4-6-12(20-2)7-5-11)9-13(19)16-14-17-15-10-21-14/h4-7,10H,3,8-9H2,1-2H3,(H,16,17,19). The fourth-order valence-electron chi connectivity index (χ4n) is 1.86. The van der Waals surface area contributed by atoms with Gasteiger partial charge in [-0.05, 0) is 24.2 Å². The molecule has 0 bridgehead atoms. The van der Waals surface area contributed by atoms with Crippen molar-refractivity contribution in [3.8, 4) is 5.75 Å². The number of methoxy groups -OCH3 is 1. The Morgan fingerprint density at radius 1 is 1.38 bits per heavy atom. The minimum absolute atomic E-state index is 0.0814. The number of rotatable bonds is 7. The first-order valence-corrected chi connectivity index (χ1v) is 7.50. The van der Waals surface area contributed by atoms with Gasteiger partial charge in [-0.2, -0.15) is 0 Å². The van der Waals surface area contributed by atoms with E-state index in [1.165, 1.54) is 11.3 Å². The number of ether oxygens (including phenoxy) is 1. The maximum atomic E-state index is 11.9. The third-order valence-corrected chi connectivity index (χ3v) is 3.59. The maximum absolute atomic E-state index is 11.9. The number of hydrogen-bond acceptors (Lipinski definition) is 6. The summed E-state index contributed by atoms with van der Waals surface area (Å²) in [5.41, 5.74) is 2.73. The molecule has 0 fully saturated rings. The van der Waals surface area contributed by atoms with Gasteiger partial charge in [0.1, 0.15) is 11.3 Å². The highest BCUT2D eigenvalue weighted by Gasteiger charge is 2.11. The first-order valence-electron chi connectivity index (χ1n) is 6.62. The second-order valence-electron chi connectivity index (χ2n) is 4.44. The number of benzene rings is 1. The Kier molecular flexibility index (Phi) is 5.65. The fourth-order valence-corrected chi connectivity index (χ4v) is 2.32. The molecule has 0 atom stereocenters. The lowest BCUT2D eigenvalue weighted by atomic mass is 10.2. The van der Waals surface area contributed by atoms with Crippen LogP contribution in [0.3, 0.4) is 0 Å². The van der Waals surface area contributed by atoms with Crippen molar-refractivity contribution in [3.63, 3.8) is 0 Å². The lowest BCUT2D eigenvalue weighted by Crippen LogP contribution is -2.32. The van der Waals surface area contributed by atoms with E-state index < -0.39 is 0 Å². The Morgan fingerprint density at radius 2 is 2.14 bits per heavy atom. The molecule has 1 aromatic heterocycles. The third kappa shape index (κ3) is 4.80. The molecule has 1 aromatic carbocycles. The lowest BCUT2D eigenvalue weighted by Gasteiger charge is -2.19. The van der Waals surface area contributed by atoms with Crippen molar-refractivity contribution in [2.24, 2.45) is 0 Å². The zero-order chi connectivity index (χ0) is 15.1. The van der Waals surface area contributed by atoms with E-state index >= 15 is 0 Å². The summed E-state index contributed by atoms with van der Waals surface area (Å²) in [4.78, 5) is 14.0. The van der Waals surface area contributed by atoms with E-state index in [9.17, 15) is 4.79 Å². The number of anilines is 1. The summed E-state index contributed by atoms with van der Waals surface area (Å²) in [5, 5.41) is 10.7. The van der Waals surface area contributed by atoms with E-state index in [0.29, 0.717) is 18.2 Å². The molecule has 6 nitrogen and oxygen atoms in total. The number of carbonyl (C=O) groups excluding carboxylic acids is 1.